The first kappa shape index (κ1) is 14.9. The molecule has 5 heteroatoms. The fourth-order valence-corrected chi connectivity index (χ4v) is 3.62. The summed E-state index contributed by atoms with van der Waals surface area (Å²) >= 11 is 3.55. The summed E-state index contributed by atoms with van der Waals surface area (Å²) in [5.41, 5.74) is 1.29. The van der Waals surface area contributed by atoms with Gasteiger partial charge in [-0.2, -0.15) is 0 Å². The molecule has 0 aromatic carbocycles. The van der Waals surface area contributed by atoms with Crippen LogP contribution in [0.2, 0.25) is 0 Å². The molecule has 0 fully saturated rings. The number of thiazole rings is 1. The van der Waals surface area contributed by atoms with Gasteiger partial charge in [-0.05, 0) is 12.5 Å². The highest BCUT2D eigenvalue weighted by Gasteiger charge is 2.20. The van der Waals surface area contributed by atoms with Crippen LogP contribution in [-0.4, -0.2) is 20.7 Å². The zero-order chi connectivity index (χ0) is 14.0. The lowest BCUT2D eigenvalue weighted by molar-refractivity contribution is 0.544. The third-order valence-corrected chi connectivity index (χ3v) is 4.46. The van der Waals surface area contributed by atoms with Crippen molar-refractivity contribution in [1.29, 1.82) is 0 Å². The molecule has 2 heterocycles. The summed E-state index contributed by atoms with van der Waals surface area (Å²) in [6, 6.07) is 0. The predicted octanol–water partition coefficient (Wildman–Crippen LogP) is 4.03. The van der Waals surface area contributed by atoms with Gasteiger partial charge in [0, 0.05) is 22.9 Å². The van der Waals surface area contributed by atoms with Crippen molar-refractivity contribution in [2.24, 2.45) is 5.92 Å². The van der Waals surface area contributed by atoms with Crippen molar-refractivity contribution in [2.45, 2.75) is 50.9 Å². The minimum atomic E-state index is 0.191. The molecular weight excluding hydrogens is 274 g/mol. The smallest absolute Gasteiger partial charge is 0.194 e. The minimum absolute atomic E-state index is 0.191. The number of nitrogens with zero attached hydrogens (tertiary/aromatic N) is 2. The summed E-state index contributed by atoms with van der Waals surface area (Å²) in [7, 11) is 0. The molecule has 2 aromatic heterocycles. The third-order valence-electron chi connectivity index (χ3n) is 2.57. The van der Waals surface area contributed by atoms with Gasteiger partial charge in [-0.1, -0.05) is 46.4 Å². The molecule has 0 saturated heterocycles. The fraction of sp³-hybridized carbons (Fsp3) is 0.643. The van der Waals surface area contributed by atoms with E-state index in [1.807, 2.05) is 11.8 Å². The van der Waals surface area contributed by atoms with Crippen LogP contribution in [0.1, 0.15) is 40.3 Å². The van der Waals surface area contributed by atoms with E-state index >= 15 is 0 Å². The Hall–Kier alpha value is -0.520. The van der Waals surface area contributed by atoms with Crippen molar-refractivity contribution in [3.05, 3.63) is 17.3 Å². The van der Waals surface area contributed by atoms with Crippen LogP contribution in [0.5, 0.6) is 0 Å². The number of hydrogen-bond acceptors (Lipinski definition) is 4. The molecule has 0 radical (unpaired) electrons. The van der Waals surface area contributed by atoms with Crippen LogP contribution in [0.25, 0.3) is 4.96 Å². The van der Waals surface area contributed by atoms with Crippen molar-refractivity contribution >= 4 is 28.1 Å². The van der Waals surface area contributed by atoms with E-state index in [4.69, 9.17) is 4.98 Å². The summed E-state index contributed by atoms with van der Waals surface area (Å²) in [5, 5.41) is 6.79. The summed E-state index contributed by atoms with van der Waals surface area (Å²) in [4.78, 5) is 5.85. The maximum Gasteiger partial charge on any atom is 0.194 e. The average Bonchev–Trinajstić information content (AvgIpc) is 2.78. The Kier molecular flexibility index (Phi) is 4.58. The van der Waals surface area contributed by atoms with Crippen LogP contribution >= 0.6 is 23.1 Å². The van der Waals surface area contributed by atoms with Gasteiger partial charge >= 0.3 is 0 Å². The second-order valence-corrected chi connectivity index (χ2v) is 8.85. The lowest BCUT2D eigenvalue weighted by Gasteiger charge is -2.17. The molecular formula is C14H23N3S2. The molecule has 2 rings (SSSR count). The number of rotatable bonds is 5. The van der Waals surface area contributed by atoms with Crippen LogP contribution in [0.15, 0.2) is 16.6 Å². The largest absolute Gasteiger partial charge is 0.311 e. The summed E-state index contributed by atoms with van der Waals surface area (Å²) in [6.45, 7) is 13.1. The molecule has 0 aliphatic carbocycles. The van der Waals surface area contributed by atoms with Crippen LogP contribution in [0.3, 0.4) is 0 Å². The van der Waals surface area contributed by atoms with Crippen LogP contribution in [0.4, 0.5) is 0 Å². The standard InChI is InChI=1S/C14H23N3S2/c1-10(2)8-15-9-11-12(19-14(3,4)5)16-13-17(11)6-7-18-13/h6-7,10,15H,8-9H2,1-5H3. The normalized spacial score (nSPS) is 12.7. The molecule has 0 amide bonds. The molecule has 2 aromatic rings. The highest BCUT2D eigenvalue weighted by molar-refractivity contribution is 8.00. The van der Waals surface area contributed by atoms with Gasteiger partial charge in [-0.15, -0.1) is 11.3 Å². The number of fused-ring (bicyclic) bond motifs is 1. The van der Waals surface area contributed by atoms with Gasteiger partial charge in [0.2, 0.25) is 0 Å². The van der Waals surface area contributed by atoms with Gasteiger partial charge in [0.15, 0.2) is 4.96 Å². The van der Waals surface area contributed by atoms with E-state index in [9.17, 15) is 0 Å². The lowest BCUT2D eigenvalue weighted by Crippen LogP contribution is -2.20. The average molecular weight is 297 g/mol. The van der Waals surface area contributed by atoms with Gasteiger partial charge in [0.1, 0.15) is 5.03 Å². The van der Waals surface area contributed by atoms with Crippen molar-refractivity contribution in [3.63, 3.8) is 0 Å². The maximum absolute atomic E-state index is 4.76. The first-order valence-corrected chi connectivity index (χ1v) is 8.40. The number of aromatic nitrogens is 2. The van der Waals surface area contributed by atoms with E-state index in [0.29, 0.717) is 5.92 Å². The molecule has 0 bridgehead atoms. The van der Waals surface area contributed by atoms with E-state index in [-0.39, 0.29) is 4.75 Å². The number of hydrogen-bond donors (Lipinski definition) is 1. The molecule has 19 heavy (non-hydrogen) atoms. The Bertz CT molecular complexity index is 534. The van der Waals surface area contributed by atoms with Gasteiger partial charge in [-0.25, -0.2) is 4.98 Å². The second kappa shape index (κ2) is 5.85. The Balaban J connectivity index is 2.21. The SMILES string of the molecule is CC(C)CNCc1c(SC(C)(C)C)nc2sccn12. The molecule has 0 spiro atoms. The van der Waals surface area contributed by atoms with Crippen molar-refractivity contribution in [3.8, 4) is 0 Å². The Morgan fingerprint density at radius 2 is 2.16 bits per heavy atom. The Morgan fingerprint density at radius 3 is 2.79 bits per heavy atom. The van der Waals surface area contributed by atoms with E-state index < -0.39 is 0 Å². The zero-order valence-electron chi connectivity index (χ0n) is 12.4. The van der Waals surface area contributed by atoms with E-state index in [1.54, 1.807) is 11.3 Å². The van der Waals surface area contributed by atoms with Gasteiger partial charge in [0.05, 0.1) is 5.69 Å². The predicted molar refractivity (Wildman–Crippen MR) is 85.2 cm³/mol. The molecule has 3 nitrogen and oxygen atoms in total. The summed E-state index contributed by atoms with van der Waals surface area (Å²) < 4.78 is 2.41. The molecule has 0 atom stereocenters. The Labute approximate surface area is 123 Å². The van der Waals surface area contributed by atoms with Gasteiger partial charge in [-0.3, -0.25) is 4.40 Å². The molecule has 0 aliphatic rings. The van der Waals surface area contributed by atoms with Crippen molar-refractivity contribution in [1.82, 2.24) is 14.7 Å². The Morgan fingerprint density at radius 1 is 1.42 bits per heavy atom. The second-order valence-electron chi connectivity index (χ2n) is 6.16. The molecule has 1 N–H and O–H groups in total. The van der Waals surface area contributed by atoms with E-state index in [2.05, 4.69) is 55.9 Å². The van der Waals surface area contributed by atoms with Crippen LogP contribution < -0.4 is 5.32 Å². The van der Waals surface area contributed by atoms with E-state index in [0.717, 1.165) is 23.1 Å². The maximum atomic E-state index is 4.76. The first-order valence-electron chi connectivity index (χ1n) is 6.71. The molecule has 106 valence electrons. The monoisotopic (exact) mass is 297 g/mol. The summed E-state index contributed by atoms with van der Waals surface area (Å²) in [5.74, 6) is 0.671. The number of nitrogens with one attached hydrogen (secondary N) is 1. The third kappa shape index (κ3) is 3.97. The molecule has 0 saturated carbocycles. The highest BCUT2D eigenvalue weighted by atomic mass is 32.2. The summed E-state index contributed by atoms with van der Waals surface area (Å²) in [6.07, 6.45) is 2.12. The van der Waals surface area contributed by atoms with E-state index in [1.165, 1.54) is 5.69 Å². The lowest BCUT2D eigenvalue weighted by atomic mass is 10.2. The quantitative estimate of drug-likeness (QED) is 0.845. The fourth-order valence-electron chi connectivity index (χ4n) is 1.82. The van der Waals surface area contributed by atoms with Crippen molar-refractivity contribution < 1.29 is 0 Å². The number of imidazole rings is 1. The molecule has 0 aliphatic heterocycles. The van der Waals surface area contributed by atoms with Gasteiger partial charge < -0.3 is 5.32 Å². The van der Waals surface area contributed by atoms with Crippen LogP contribution in [0, 0.1) is 5.92 Å². The zero-order valence-corrected chi connectivity index (χ0v) is 14.0. The highest BCUT2D eigenvalue weighted by Crippen LogP contribution is 2.34. The molecule has 0 unspecified atom stereocenters. The topological polar surface area (TPSA) is 29.3 Å². The minimum Gasteiger partial charge on any atom is -0.311 e. The van der Waals surface area contributed by atoms with Crippen LogP contribution in [-0.2, 0) is 6.54 Å². The first-order chi connectivity index (χ1) is 8.87. The van der Waals surface area contributed by atoms with Crippen molar-refractivity contribution in [2.75, 3.05) is 6.54 Å². The number of thioether (sulfide) groups is 1. The van der Waals surface area contributed by atoms with Gasteiger partial charge in [0.25, 0.3) is 0 Å².